The summed E-state index contributed by atoms with van der Waals surface area (Å²) in [5.74, 6) is -0.224. The largest absolute Gasteiger partial charge is 0.472 e. The van der Waals surface area contributed by atoms with Crippen LogP contribution in [0.3, 0.4) is 0 Å². The van der Waals surface area contributed by atoms with E-state index in [9.17, 15) is 19.4 Å². The van der Waals surface area contributed by atoms with Gasteiger partial charge in [-0.2, -0.15) is 0 Å². The molecule has 8 nitrogen and oxygen atoms in total. The Bertz CT molecular complexity index is 980. The Balaban J connectivity index is 4.36. The van der Waals surface area contributed by atoms with Gasteiger partial charge in [-0.15, -0.1) is 0 Å². The van der Waals surface area contributed by atoms with Crippen molar-refractivity contribution in [1.29, 1.82) is 0 Å². The fraction of sp³-hybridized carbons (Fsp3) is 0.738. The first kappa shape index (κ1) is 49.2. The van der Waals surface area contributed by atoms with Crippen LogP contribution in [-0.2, 0) is 18.4 Å². The number of phosphoric acid groups is 1. The van der Waals surface area contributed by atoms with E-state index >= 15 is 0 Å². The van der Waals surface area contributed by atoms with Gasteiger partial charge in [0.15, 0.2) is 0 Å². The number of nitrogens with one attached hydrogen (secondary N) is 1. The second-order valence-corrected chi connectivity index (χ2v) is 14.9. The van der Waals surface area contributed by atoms with E-state index in [0.29, 0.717) is 6.42 Å². The summed E-state index contributed by atoms with van der Waals surface area (Å²) in [4.78, 5) is 22.6. The number of unbranched alkanes of at least 4 members (excludes halogenated alkanes) is 17. The van der Waals surface area contributed by atoms with Crippen LogP contribution in [0.2, 0.25) is 0 Å². The minimum atomic E-state index is -4.35. The monoisotopic (exact) mass is 737 g/mol. The highest BCUT2D eigenvalue weighted by atomic mass is 31.2. The molecule has 0 aliphatic rings. The van der Waals surface area contributed by atoms with Gasteiger partial charge in [0.25, 0.3) is 0 Å². The number of hydrogen-bond donors (Lipinski definition) is 4. The van der Waals surface area contributed by atoms with E-state index in [1.54, 1.807) is 6.08 Å². The Labute approximate surface area is 313 Å². The number of hydrogen-bond acceptors (Lipinski definition) is 6. The number of amides is 1. The Morgan fingerprint density at radius 1 is 0.667 bits per heavy atom. The molecule has 0 radical (unpaired) electrons. The van der Waals surface area contributed by atoms with Crippen LogP contribution in [-0.4, -0.2) is 47.8 Å². The van der Waals surface area contributed by atoms with Gasteiger partial charge in [-0.25, -0.2) is 4.57 Å². The third-order valence-corrected chi connectivity index (χ3v) is 9.56. The minimum absolute atomic E-state index is 0.0684. The van der Waals surface area contributed by atoms with Gasteiger partial charge in [0.2, 0.25) is 5.91 Å². The Hall–Kier alpha value is -1.80. The van der Waals surface area contributed by atoms with Gasteiger partial charge in [-0.3, -0.25) is 13.8 Å². The smallest absolute Gasteiger partial charge is 0.387 e. The number of phosphoric ester groups is 1. The molecule has 0 heterocycles. The predicted molar refractivity (Wildman–Crippen MR) is 217 cm³/mol. The van der Waals surface area contributed by atoms with Crippen LogP contribution in [0.15, 0.2) is 60.8 Å². The van der Waals surface area contributed by atoms with E-state index in [0.717, 1.165) is 77.0 Å². The molecular formula is C42H77N2O6P. The lowest BCUT2D eigenvalue weighted by molar-refractivity contribution is -0.123. The van der Waals surface area contributed by atoms with Crippen LogP contribution >= 0.6 is 7.82 Å². The second-order valence-electron chi connectivity index (χ2n) is 13.5. The minimum Gasteiger partial charge on any atom is -0.387 e. The molecule has 51 heavy (non-hydrogen) atoms. The zero-order valence-corrected chi connectivity index (χ0v) is 33.5. The maximum Gasteiger partial charge on any atom is 0.472 e. The highest BCUT2D eigenvalue weighted by Crippen LogP contribution is 2.43. The van der Waals surface area contributed by atoms with Gasteiger partial charge in [-0.05, 0) is 64.2 Å². The van der Waals surface area contributed by atoms with Crippen LogP contribution in [0.1, 0.15) is 168 Å². The van der Waals surface area contributed by atoms with Gasteiger partial charge in [0, 0.05) is 13.0 Å². The van der Waals surface area contributed by atoms with Gasteiger partial charge >= 0.3 is 7.82 Å². The number of carbonyl (C=O) groups is 1. The number of rotatable bonds is 37. The van der Waals surface area contributed by atoms with E-state index in [1.807, 2.05) is 6.08 Å². The van der Waals surface area contributed by atoms with Crippen molar-refractivity contribution >= 4 is 13.7 Å². The summed E-state index contributed by atoms with van der Waals surface area (Å²) >= 11 is 0. The second kappa shape index (κ2) is 37.9. The molecule has 0 bridgehead atoms. The molecule has 0 saturated heterocycles. The molecule has 5 N–H and O–H groups in total. The predicted octanol–water partition coefficient (Wildman–Crippen LogP) is 11.1. The zero-order chi connectivity index (χ0) is 37.5. The van der Waals surface area contributed by atoms with Crippen molar-refractivity contribution in [2.75, 3.05) is 19.8 Å². The van der Waals surface area contributed by atoms with Crippen molar-refractivity contribution in [2.45, 2.75) is 180 Å². The summed E-state index contributed by atoms with van der Waals surface area (Å²) < 4.78 is 22.1. The van der Waals surface area contributed by atoms with E-state index in [4.69, 9.17) is 14.8 Å². The molecule has 9 heteroatoms. The highest BCUT2D eigenvalue weighted by Gasteiger charge is 2.26. The molecule has 0 fully saturated rings. The normalized spacial score (nSPS) is 14.8. The molecule has 0 spiro atoms. The average Bonchev–Trinajstić information content (AvgIpc) is 3.12. The average molecular weight is 737 g/mol. The zero-order valence-electron chi connectivity index (χ0n) is 32.6. The number of aliphatic hydroxyl groups excluding tert-OH is 1. The van der Waals surface area contributed by atoms with Gasteiger partial charge < -0.3 is 21.1 Å². The molecule has 1 amide bonds. The Morgan fingerprint density at radius 2 is 1.16 bits per heavy atom. The first-order valence-corrected chi connectivity index (χ1v) is 21.9. The number of aliphatic hydroxyl groups is 1. The summed E-state index contributed by atoms with van der Waals surface area (Å²) in [6.07, 6.45) is 47.0. The molecule has 3 atom stereocenters. The molecule has 0 aliphatic carbocycles. The van der Waals surface area contributed by atoms with Gasteiger partial charge in [-0.1, -0.05) is 158 Å². The van der Waals surface area contributed by atoms with E-state index in [2.05, 4.69) is 67.8 Å². The van der Waals surface area contributed by atoms with Crippen LogP contribution in [0, 0.1) is 0 Å². The van der Waals surface area contributed by atoms with Crippen molar-refractivity contribution in [3.8, 4) is 0 Å². The SMILES string of the molecule is CC/C=C\C/C=C\C/C=C\CCCCCCCC(=O)NC(COP(=O)(O)OCCN)C(O)/C=C/CC/C=C/CCCCCCCCCCCCC. The number of allylic oxidation sites excluding steroid dienone is 9. The number of nitrogens with two attached hydrogens (primary N) is 1. The van der Waals surface area contributed by atoms with Crippen LogP contribution in [0.25, 0.3) is 0 Å². The lowest BCUT2D eigenvalue weighted by Gasteiger charge is -2.23. The van der Waals surface area contributed by atoms with E-state index in [-0.39, 0.29) is 25.7 Å². The summed E-state index contributed by atoms with van der Waals surface area (Å²) in [5.41, 5.74) is 5.36. The van der Waals surface area contributed by atoms with Crippen LogP contribution < -0.4 is 11.1 Å². The highest BCUT2D eigenvalue weighted by molar-refractivity contribution is 7.47. The first-order valence-electron chi connectivity index (χ1n) is 20.4. The lowest BCUT2D eigenvalue weighted by Crippen LogP contribution is -2.45. The maximum atomic E-state index is 12.7. The van der Waals surface area contributed by atoms with Crippen LogP contribution in [0.5, 0.6) is 0 Å². The van der Waals surface area contributed by atoms with E-state index in [1.165, 1.54) is 70.6 Å². The topological polar surface area (TPSA) is 131 Å². The quantitative estimate of drug-likeness (QED) is 0.0284. The van der Waals surface area contributed by atoms with Crippen molar-refractivity contribution in [3.05, 3.63) is 60.8 Å². The Kier molecular flexibility index (Phi) is 36.6. The first-order chi connectivity index (χ1) is 24.9. The van der Waals surface area contributed by atoms with E-state index < -0.39 is 20.0 Å². The van der Waals surface area contributed by atoms with Crippen molar-refractivity contribution in [2.24, 2.45) is 5.73 Å². The molecule has 0 rings (SSSR count). The lowest BCUT2D eigenvalue weighted by atomic mass is 10.1. The summed E-state index contributed by atoms with van der Waals surface area (Å²) in [6.45, 7) is 3.97. The fourth-order valence-electron chi connectivity index (χ4n) is 5.51. The van der Waals surface area contributed by atoms with Crippen molar-refractivity contribution < 1.29 is 28.4 Å². The molecule has 296 valence electrons. The van der Waals surface area contributed by atoms with Crippen molar-refractivity contribution in [3.63, 3.8) is 0 Å². The Morgan fingerprint density at radius 3 is 1.75 bits per heavy atom. The number of carbonyl (C=O) groups excluding carboxylic acids is 1. The molecule has 0 aromatic heterocycles. The summed E-state index contributed by atoms with van der Waals surface area (Å²) in [5, 5.41) is 13.6. The molecule has 0 aliphatic heterocycles. The molecule has 0 aromatic rings. The van der Waals surface area contributed by atoms with Crippen LogP contribution in [0.4, 0.5) is 0 Å². The molecule has 3 unspecified atom stereocenters. The third-order valence-electron chi connectivity index (χ3n) is 8.58. The molecular weight excluding hydrogens is 659 g/mol. The summed E-state index contributed by atoms with van der Waals surface area (Å²) in [7, 11) is -4.35. The van der Waals surface area contributed by atoms with Gasteiger partial charge in [0.05, 0.1) is 25.4 Å². The molecule has 0 aromatic carbocycles. The maximum absolute atomic E-state index is 12.7. The standard InChI is InChI=1S/C42H77N2O6P/c1-3-5-7-9-11-13-15-17-19-20-22-23-25-27-29-31-33-35-41(45)40(39-50-51(47,48)49-38-37-43)44-42(46)36-34-32-30-28-26-24-21-18-16-14-12-10-8-6-4-2/h6,8,12,14,18,21,25,27,33,35,40-41,45H,3-5,7,9-11,13,15-17,19-20,22-24,26,28-32,34,36-39,43H2,1-2H3,(H,44,46)(H,47,48)/b8-6-,14-12-,21-18-,27-25+,35-33+. The molecule has 0 saturated carbocycles. The van der Waals surface area contributed by atoms with Crippen molar-refractivity contribution in [1.82, 2.24) is 5.32 Å². The van der Waals surface area contributed by atoms with Gasteiger partial charge in [0.1, 0.15) is 0 Å². The fourth-order valence-corrected chi connectivity index (χ4v) is 6.27. The third kappa shape index (κ3) is 36.4. The summed E-state index contributed by atoms with van der Waals surface area (Å²) in [6, 6.07) is -0.887.